The summed E-state index contributed by atoms with van der Waals surface area (Å²) in [6, 6.07) is 6.16. The standard InChI is InChI=1S/C16H26N2O2S/c1-4-10-18(3)21(19,20)16-9-6-13(5-2)14(11-16)12-17-15-7-8-15/h6,9,11,15,17H,4-5,7-8,10,12H2,1-3H3. The summed E-state index contributed by atoms with van der Waals surface area (Å²) in [5.41, 5.74) is 2.33. The molecular formula is C16H26N2O2S. The molecule has 0 heterocycles. The summed E-state index contributed by atoms with van der Waals surface area (Å²) in [7, 11) is -1.72. The number of nitrogens with one attached hydrogen (secondary N) is 1. The number of hydrogen-bond donors (Lipinski definition) is 1. The summed E-state index contributed by atoms with van der Waals surface area (Å²) in [6.45, 7) is 5.40. The Morgan fingerprint density at radius 3 is 2.52 bits per heavy atom. The van der Waals surface area contributed by atoms with Crippen LogP contribution in [0.2, 0.25) is 0 Å². The highest BCUT2D eigenvalue weighted by atomic mass is 32.2. The van der Waals surface area contributed by atoms with Gasteiger partial charge in [0.1, 0.15) is 0 Å². The zero-order valence-corrected chi connectivity index (χ0v) is 14.0. The SMILES string of the molecule is CCCN(C)S(=O)(=O)c1ccc(CC)c(CNC2CC2)c1. The van der Waals surface area contributed by atoms with E-state index in [2.05, 4.69) is 12.2 Å². The van der Waals surface area contributed by atoms with Crippen molar-refractivity contribution in [3.63, 3.8) is 0 Å². The van der Waals surface area contributed by atoms with Crippen LogP contribution in [0.15, 0.2) is 23.1 Å². The second-order valence-electron chi connectivity index (χ2n) is 5.77. The van der Waals surface area contributed by atoms with E-state index in [4.69, 9.17) is 0 Å². The van der Waals surface area contributed by atoms with Crippen LogP contribution in [-0.4, -0.2) is 32.4 Å². The van der Waals surface area contributed by atoms with E-state index in [1.807, 2.05) is 19.1 Å². The van der Waals surface area contributed by atoms with E-state index >= 15 is 0 Å². The van der Waals surface area contributed by atoms with E-state index in [1.165, 1.54) is 22.7 Å². The van der Waals surface area contributed by atoms with Crippen LogP contribution in [0.25, 0.3) is 0 Å². The maximum Gasteiger partial charge on any atom is 0.242 e. The molecule has 118 valence electrons. The van der Waals surface area contributed by atoms with E-state index in [-0.39, 0.29) is 0 Å². The molecule has 0 aromatic heterocycles. The number of aryl methyl sites for hydroxylation is 1. The van der Waals surface area contributed by atoms with Gasteiger partial charge in [0.05, 0.1) is 4.90 Å². The molecule has 0 aliphatic heterocycles. The molecule has 0 spiro atoms. The molecule has 0 bridgehead atoms. The van der Waals surface area contributed by atoms with Crippen molar-refractivity contribution in [2.24, 2.45) is 0 Å². The molecule has 1 aliphatic rings. The Hall–Kier alpha value is -0.910. The van der Waals surface area contributed by atoms with E-state index in [0.29, 0.717) is 17.5 Å². The molecule has 1 N–H and O–H groups in total. The third-order valence-electron chi connectivity index (χ3n) is 3.96. The van der Waals surface area contributed by atoms with E-state index in [1.54, 1.807) is 13.1 Å². The third kappa shape index (κ3) is 4.05. The zero-order valence-electron chi connectivity index (χ0n) is 13.2. The van der Waals surface area contributed by atoms with Gasteiger partial charge in [0, 0.05) is 26.2 Å². The number of sulfonamides is 1. The van der Waals surface area contributed by atoms with Gasteiger partial charge in [-0.25, -0.2) is 12.7 Å². The van der Waals surface area contributed by atoms with Gasteiger partial charge in [-0.1, -0.05) is 19.9 Å². The van der Waals surface area contributed by atoms with Crippen molar-refractivity contribution in [1.29, 1.82) is 0 Å². The molecule has 21 heavy (non-hydrogen) atoms. The molecule has 5 heteroatoms. The van der Waals surface area contributed by atoms with Crippen molar-refractivity contribution in [1.82, 2.24) is 9.62 Å². The molecule has 0 radical (unpaired) electrons. The van der Waals surface area contributed by atoms with Crippen molar-refractivity contribution >= 4 is 10.0 Å². The van der Waals surface area contributed by atoms with Gasteiger partial charge in [-0.05, 0) is 48.9 Å². The largest absolute Gasteiger partial charge is 0.310 e. The molecule has 1 fully saturated rings. The predicted octanol–water partition coefficient (Wildman–Crippen LogP) is 2.53. The molecule has 0 unspecified atom stereocenters. The summed E-state index contributed by atoms with van der Waals surface area (Å²) < 4.78 is 26.5. The van der Waals surface area contributed by atoms with Gasteiger partial charge >= 0.3 is 0 Å². The minimum Gasteiger partial charge on any atom is -0.310 e. The van der Waals surface area contributed by atoms with Gasteiger partial charge < -0.3 is 5.32 Å². The normalized spacial score (nSPS) is 15.6. The Morgan fingerprint density at radius 2 is 1.95 bits per heavy atom. The summed E-state index contributed by atoms with van der Waals surface area (Å²) in [5, 5.41) is 3.47. The highest BCUT2D eigenvalue weighted by Gasteiger charge is 2.23. The van der Waals surface area contributed by atoms with Crippen LogP contribution in [0, 0.1) is 0 Å². The lowest BCUT2D eigenvalue weighted by atomic mass is 10.1. The average molecular weight is 310 g/mol. The average Bonchev–Trinajstić information content (AvgIpc) is 3.29. The van der Waals surface area contributed by atoms with Crippen molar-refractivity contribution in [2.75, 3.05) is 13.6 Å². The predicted molar refractivity (Wildman–Crippen MR) is 85.8 cm³/mol. The molecule has 1 saturated carbocycles. The summed E-state index contributed by atoms with van der Waals surface area (Å²) >= 11 is 0. The first kappa shape index (κ1) is 16.5. The van der Waals surface area contributed by atoms with E-state index in [0.717, 1.165) is 24.9 Å². The van der Waals surface area contributed by atoms with Crippen LogP contribution < -0.4 is 5.32 Å². The minimum atomic E-state index is -3.37. The summed E-state index contributed by atoms with van der Waals surface area (Å²) in [5.74, 6) is 0. The van der Waals surface area contributed by atoms with Crippen molar-refractivity contribution in [3.8, 4) is 0 Å². The zero-order chi connectivity index (χ0) is 15.5. The molecule has 2 rings (SSSR count). The lowest BCUT2D eigenvalue weighted by Crippen LogP contribution is -2.28. The van der Waals surface area contributed by atoms with Crippen LogP contribution in [0.5, 0.6) is 0 Å². The molecular weight excluding hydrogens is 284 g/mol. The number of rotatable bonds is 8. The Bertz CT molecular complexity index is 580. The first-order chi connectivity index (χ1) is 9.98. The van der Waals surface area contributed by atoms with Gasteiger partial charge in [-0.2, -0.15) is 0 Å². The smallest absolute Gasteiger partial charge is 0.242 e. The fourth-order valence-corrected chi connectivity index (χ4v) is 3.74. The van der Waals surface area contributed by atoms with Crippen molar-refractivity contribution in [3.05, 3.63) is 29.3 Å². The molecule has 0 saturated heterocycles. The third-order valence-corrected chi connectivity index (χ3v) is 5.82. The first-order valence-corrected chi connectivity index (χ1v) is 9.24. The Labute approximate surface area is 128 Å². The minimum absolute atomic E-state index is 0.406. The number of nitrogens with zero attached hydrogens (tertiary/aromatic N) is 1. The van der Waals surface area contributed by atoms with E-state index in [9.17, 15) is 8.42 Å². The van der Waals surface area contributed by atoms with Gasteiger partial charge in [-0.15, -0.1) is 0 Å². The maximum atomic E-state index is 12.5. The summed E-state index contributed by atoms with van der Waals surface area (Å²) in [6.07, 6.45) is 4.21. The molecule has 4 nitrogen and oxygen atoms in total. The highest BCUT2D eigenvalue weighted by Crippen LogP contribution is 2.23. The number of hydrogen-bond acceptors (Lipinski definition) is 3. The molecule has 0 amide bonds. The second kappa shape index (κ2) is 6.90. The lowest BCUT2D eigenvalue weighted by molar-refractivity contribution is 0.468. The van der Waals surface area contributed by atoms with Crippen molar-refractivity contribution in [2.45, 2.75) is 57.0 Å². The molecule has 1 aromatic rings. The number of benzene rings is 1. The van der Waals surface area contributed by atoms with Crippen LogP contribution in [-0.2, 0) is 23.0 Å². The lowest BCUT2D eigenvalue weighted by Gasteiger charge is -2.18. The summed E-state index contributed by atoms with van der Waals surface area (Å²) in [4.78, 5) is 0.406. The van der Waals surface area contributed by atoms with Crippen LogP contribution >= 0.6 is 0 Å². The van der Waals surface area contributed by atoms with Gasteiger partial charge in [-0.3, -0.25) is 0 Å². The van der Waals surface area contributed by atoms with Gasteiger partial charge in [0.25, 0.3) is 0 Å². The molecule has 1 aliphatic carbocycles. The monoisotopic (exact) mass is 310 g/mol. The van der Waals surface area contributed by atoms with Crippen LogP contribution in [0.1, 0.15) is 44.2 Å². The van der Waals surface area contributed by atoms with Crippen molar-refractivity contribution < 1.29 is 8.42 Å². The van der Waals surface area contributed by atoms with E-state index < -0.39 is 10.0 Å². The maximum absolute atomic E-state index is 12.5. The highest BCUT2D eigenvalue weighted by molar-refractivity contribution is 7.89. The second-order valence-corrected chi connectivity index (χ2v) is 7.81. The topological polar surface area (TPSA) is 49.4 Å². The van der Waals surface area contributed by atoms with Crippen LogP contribution in [0.3, 0.4) is 0 Å². The Balaban J connectivity index is 2.24. The molecule has 0 atom stereocenters. The quantitative estimate of drug-likeness (QED) is 0.803. The molecule has 1 aromatic carbocycles. The fraction of sp³-hybridized carbons (Fsp3) is 0.625. The Morgan fingerprint density at radius 1 is 1.24 bits per heavy atom. The van der Waals surface area contributed by atoms with Gasteiger partial charge in [0.2, 0.25) is 10.0 Å². The first-order valence-electron chi connectivity index (χ1n) is 7.80. The fourth-order valence-electron chi connectivity index (χ4n) is 2.43. The Kier molecular flexibility index (Phi) is 5.41. The van der Waals surface area contributed by atoms with Crippen LogP contribution in [0.4, 0.5) is 0 Å². The van der Waals surface area contributed by atoms with Gasteiger partial charge in [0.15, 0.2) is 0 Å².